The average Bonchev–Trinajstić information content (AvgIpc) is 2.61. The highest BCUT2D eigenvalue weighted by atomic mass is 16.2. The molecule has 1 aromatic heterocycles. The monoisotopic (exact) mass is 336 g/mol. The van der Waals surface area contributed by atoms with E-state index in [1.165, 1.54) is 0 Å². The third-order valence-electron chi connectivity index (χ3n) is 4.75. The van der Waals surface area contributed by atoms with Crippen molar-refractivity contribution in [3.63, 3.8) is 0 Å². The van der Waals surface area contributed by atoms with Gasteiger partial charge in [-0.3, -0.25) is 9.59 Å². The van der Waals surface area contributed by atoms with Gasteiger partial charge in [0.15, 0.2) is 0 Å². The molecule has 6 nitrogen and oxygen atoms in total. The molecule has 128 valence electrons. The molecule has 0 aliphatic carbocycles. The van der Waals surface area contributed by atoms with Crippen molar-refractivity contribution in [3.05, 3.63) is 47.7 Å². The summed E-state index contributed by atoms with van der Waals surface area (Å²) in [7, 11) is 0. The van der Waals surface area contributed by atoms with Gasteiger partial charge in [-0.1, -0.05) is 18.2 Å². The van der Waals surface area contributed by atoms with E-state index in [0.29, 0.717) is 25.9 Å². The molecule has 2 amide bonds. The van der Waals surface area contributed by atoms with Crippen molar-refractivity contribution < 1.29 is 9.59 Å². The number of pyridine rings is 1. The zero-order valence-corrected chi connectivity index (χ0v) is 14.1. The number of para-hydroxylation sites is 1. The van der Waals surface area contributed by atoms with Crippen LogP contribution in [-0.2, 0) is 9.59 Å². The Morgan fingerprint density at radius 3 is 3.08 bits per heavy atom. The van der Waals surface area contributed by atoms with Crippen molar-refractivity contribution in [1.82, 2.24) is 4.98 Å². The summed E-state index contributed by atoms with van der Waals surface area (Å²) in [5.41, 5.74) is 3.69. The quantitative estimate of drug-likeness (QED) is 0.884. The predicted octanol–water partition coefficient (Wildman–Crippen LogP) is 2.66. The minimum absolute atomic E-state index is 0.0321. The Kier molecular flexibility index (Phi) is 3.87. The van der Waals surface area contributed by atoms with Crippen LogP contribution in [0.4, 0.5) is 17.2 Å². The van der Waals surface area contributed by atoms with E-state index >= 15 is 0 Å². The Morgan fingerprint density at radius 1 is 1.36 bits per heavy atom. The topological polar surface area (TPSA) is 74.3 Å². The lowest BCUT2D eigenvalue weighted by molar-refractivity contribution is -0.119. The molecular weight excluding hydrogens is 316 g/mol. The first kappa shape index (κ1) is 15.6. The Balaban J connectivity index is 1.60. The summed E-state index contributed by atoms with van der Waals surface area (Å²) in [6, 6.07) is 9.70. The Hall–Kier alpha value is -2.89. The van der Waals surface area contributed by atoms with Gasteiger partial charge in [-0.2, -0.15) is 0 Å². The van der Waals surface area contributed by atoms with Crippen LogP contribution < -0.4 is 15.5 Å². The number of fused-ring (bicyclic) bond motifs is 2. The molecule has 6 heteroatoms. The van der Waals surface area contributed by atoms with E-state index in [-0.39, 0.29) is 17.7 Å². The van der Waals surface area contributed by atoms with Crippen LogP contribution in [0.5, 0.6) is 0 Å². The summed E-state index contributed by atoms with van der Waals surface area (Å²) in [5.74, 6) is 0.653. The molecular formula is C19H20N4O2. The highest BCUT2D eigenvalue weighted by Gasteiger charge is 2.30. The lowest BCUT2D eigenvalue weighted by atomic mass is 9.87. The number of aryl methyl sites for hydroxylation is 1. The first-order valence-electron chi connectivity index (χ1n) is 8.51. The van der Waals surface area contributed by atoms with Crippen LogP contribution in [0, 0.1) is 6.92 Å². The van der Waals surface area contributed by atoms with Crippen molar-refractivity contribution >= 4 is 29.0 Å². The molecule has 2 aliphatic rings. The van der Waals surface area contributed by atoms with Crippen LogP contribution in [0.2, 0.25) is 0 Å². The molecule has 0 bridgehead atoms. The first-order chi connectivity index (χ1) is 12.1. The molecule has 2 aromatic rings. The predicted molar refractivity (Wildman–Crippen MR) is 96.9 cm³/mol. The van der Waals surface area contributed by atoms with Crippen molar-refractivity contribution in [2.45, 2.75) is 25.7 Å². The number of hydrogen-bond acceptors (Lipinski definition) is 4. The largest absolute Gasteiger partial charge is 0.367 e. The number of rotatable bonds is 2. The van der Waals surface area contributed by atoms with Gasteiger partial charge in [-0.25, -0.2) is 4.98 Å². The number of amides is 2. The maximum Gasteiger partial charge on any atom is 0.227 e. The number of carbonyl (C=O) groups is 2. The summed E-state index contributed by atoms with van der Waals surface area (Å²) < 4.78 is 0. The Morgan fingerprint density at radius 2 is 2.20 bits per heavy atom. The fourth-order valence-electron chi connectivity index (χ4n) is 3.57. The molecule has 25 heavy (non-hydrogen) atoms. The van der Waals surface area contributed by atoms with Crippen LogP contribution in [-0.4, -0.2) is 29.9 Å². The molecule has 1 aromatic carbocycles. The van der Waals surface area contributed by atoms with Gasteiger partial charge in [0.2, 0.25) is 11.8 Å². The van der Waals surface area contributed by atoms with Gasteiger partial charge < -0.3 is 15.5 Å². The van der Waals surface area contributed by atoms with Gasteiger partial charge in [0, 0.05) is 43.7 Å². The normalized spacial score (nSPS) is 18.7. The number of hydrogen-bond donors (Lipinski definition) is 2. The number of benzene rings is 1. The minimum Gasteiger partial charge on any atom is -0.367 e. The molecule has 0 radical (unpaired) electrons. The SMILES string of the molecule is Cc1cnc2c(c1)N(C(=O)CC1CC(=O)Nc3ccccc31)CCN2. The molecule has 1 unspecified atom stereocenters. The van der Waals surface area contributed by atoms with Crippen molar-refractivity contribution in [2.24, 2.45) is 0 Å². The maximum atomic E-state index is 13.0. The second-order valence-electron chi connectivity index (χ2n) is 6.59. The first-order valence-corrected chi connectivity index (χ1v) is 8.51. The maximum absolute atomic E-state index is 13.0. The van der Waals surface area contributed by atoms with E-state index in [2.05, 4.69) is 15.6 Å². The molecule has 0 saturated heterocycles. The number of aromatic nitrogens is 1. The van der Waals surface area contributed by atoms with Gasteiger partial charge in [-0.15, -0.1) is 0 Å². The van der Waals surface area contributed by atoms with E-state index in [0.717, 1.165) is 28.3 Å². The lowest BCUT2D eigenvalue weighted by Crippen LogP contribution is -2.40. The smallest absolute Gasteiger partial charge is 0.227 e. The Labute approximate surface area is 146 Å². The molecule has 0 spiro atoms. The molecule has 1 atom stereocenters. The molecule has 3 heterocycles. The second-order valence-corrected chi connectivity index (χ2v) is 6.59. The number of nitrogens with one attached hydrogen (secondary N) is 2. The third kappa shape index (κ3) is 2.95. The number of carbonyl (C=O) groups excluding carboxylic acids is 2. The van der Waals surface area contributed by atoms with Crippen molar-refractivity contribution in [2.75, 3.05) is 28.6 Å². The summed E-state index contributed by atoms with van der Waals surface area (Å²) in [6.07, 6.45) is 2.45. The average molecular weight is 336 g/mol. The molecule has 0 saturated carbocycles. The van der Waals surface area contributed by atoms with Crippen LogP contribution in [0.3, 0.4) is 0 Å². The van der Waals surface area contributed by atoms with E-state index in [4.69, 9.17) is 0 Å². The molecule has 2 aliphatic heterocycles. The standard InChI is InChI=1S/C19H20N4O2/c1-12-8-16-19(21-11-12)20-6-7-23(16)18(25)10-13-9-17(24)22-15-5-3-2-4-14(13)15/h2-5,8,11,13H,6-7,9-10H2,1H3,(H,20,21)(H,22,24). The zero-order chi connectivity index (χ0) is 17.4. The lowest BCUT2D eigenvalue weighted by Gasteiger charge is -2.32. The van der Waals surface area contributed by atoms with Gasteiger partial charge >= 0.3 is 0 Å². The zero-order valence-electron chi connectivity index (χ0n) is 14.1. The van der Waals surface area contributed by atoms with Gasteiger partial charge in [0.1, 0.15) is 5.82 Å². The summed E-state index contributed by atoms with van der Waals surface area (Å²) in [4.78, 5) is 31.1. The summed E-state index contributed by atoms with van der Waals surface area (Å²) in [6.45, 7) is 3.25. The highest BCUT2D eigenvalue weighted by Crippen LogP contribution is 2.36. The van der Waals surface area contributed by atoms with Gasteiger partial charge in [0.25, 0.3) is 0 Å². The number of anilines is 3. The van der Waals surface area contributed by atoms with Crippen LogP contribution in [0.15, 0.2) is 36.5 Å². The Bertz CT molecular complexity index is 849. The van der Waals surface area contributed by atoms with E-state index in [9.17, 15) is 9.59 Å². The molecule has 2 N–H and O–H groups in total. The fraction of sp³-hybridized carbons (Fsp3) is 0.316. The van der Waals surface area contributed by atoms with Gasteiger partial charge in [0.05, 0.1) is 5.69 Å². The van der Waals surface area contributed by atoms with E-state index < -0.39 is 0 Å². The third-order valence-corrected chi connectivity index (χ3v) is 4.75. The van der Waals surface area contributed by atoms with Crippen LogP contribution >= 0.6 is 0 Å². The van der Waals surface area contributed by atoms with E-state index in [1.54, 1.807) is 11.1 Å². The summed E-state index contributed by atoms with van der Waals surface area (Å²) in [5, 5.41) is 6.11. The fourth-order valence-corrected chi connectivity index (χ4v) is 3.57. The van der Waals surface area contributed by atoms with Crippen LogP contribution in [0.25, 0.3) is 0 Å². The molecule has 4 rings (SSSR count). The second kappa shape index (κ2) is 6.20. The molecule has 0 fully saturated rings. The van der Waals surface area contributed by atoms with Crippen LogP contribution in [0.1, 0.15) is 29.9 Å². The highest BCUT2D eigenvalue weighted by molar-refractivity contribution is 5.99. The number of nitrogens with zero attached hydrogens (tertiary/aromatic N) is 2. The van der Waals surface area contributed by atoms with Crippen molar-refractivity contribution in [3.8, 4) is 0 Å². The van der Waals surface area contributed by atoms with Gasteiger partial charge in [-0.05, 0) is 30.2 Å². The van der Waals surface area contributed by atoms with Crippen molar-refractivity contribution in [1.29, 1.82) is 0 Å². The minimum atomic E-state index is -0.0893. The summed E-state index contributed by atoms with van der Waals surface area (Å²) >= 11 is 0. The van der Waals surface area contributed by atoms with E-state index in [1.807, 2.05) is 37.3 Å².